The number of ether oxygens (including phenoxy) is 2. The van der Waals surface area contributed by atoms with Crippen molar-refractivity contribution < 1.29 is 29.0 Å². The van der Waals surface area contributed by atoms with E-state index in [2.05, 4.69) is 4.99 Å². The van der Waals surface area contributed by atoms with Gasteiger partial charge in [0.2, 0.25) is 0 Å². The highest BCUT2D eigenvalue weighted by molar-refractivity contribution is 8.18. The molecule has 0 saturated carbocycles. The Morgan fingerprint density at radius 2 is 1.81 bits per heavy atom. The third kappa shape index (κ3) is 5.55. The van der Waals surface area contributed by atoms with Crippen molar-refractivity contribution in [1.29, 1.82) is 0 Å². The molecule has 0 aliphatic carbocycles. The zero-order chi connectivity index (χ0) is 23.3. The molecule has 1 amide bonds. The molecule has 0 spiro atoms. The average molecular weight is 455 g/mol. The molecular formula is C23H22N2O6S. The van der Waals surface area contributed by atoms with Gasteiger partial charge in [-0.2, -0.15) is 0 Å². The highest BCUT2D eigenvalue weighted by Crippen LogP contribution is 2.33. The number of benzene rings is 2. The number of amidine groups is 1. The van der Waals surface area contributed by atoms with Gasteiger partial charge in [0.15, 0.2) is 11.3 Å². The maximum Gasteiger partial charge on any atom is 0.347 e. The van der Waals surface area contributed by atoms with E-state index >= 15 is 0 Å². The van der Waals surface area contributed by atoms with Gasteiger partial charge in [0.05, 0.1) is 22.8 Å². The number of thioether (sulfide) groups is 1. The molecule has 1 fully saturated rings. The minimum Gasteiger partial charge on any atom is -0.479 e. The quantitative estimate of drug-likeness (QED) is 0.499. The zero-order valence-electron chi connectivity index (χ0n) is 17.8. The number of rotatable bonds is 7. The summed E-state index contributed by atoms with van der Waals surface area (Å²) in [4.78, 5) is 41.6. The zero-order valence-corrected chi connectivity index (χ0v) is 18.6. The van der Waals surface area contributed by atoms with E-state index in [-0.39, 0.29) is 18.1 Å². The lowest BCUT2D eigenvalue weighted by Crippen LogP contribution is -2.26. The van der Waals surface area contributed by atoms with Gasteiger partial charge in [0.1, 0.15) is 5.75 Å². The third-order valence-electron chi connectivity index (χ3n) is 4.45. The van der Waals surface area contributed by atoms with Crippen molar-refractivity contribution in [2.24, 2.45) is 4.99 Å². The van der Waals surface area contributed by atoms with Crippen LogP contribution in [0.3, 0.4) is 0 Å². The molecule has 1 atom stereocenters. The maximum atomic E-state index is 12.6. The molecule has 1 aliphatic rings. The summed E-state index contributed by atoms with van der Waals surface area (Å²) in [5.41, 5.74) is 1.51. The molecule has 2 aromatic carbocycles. The first-order valence-corrected chi connectivity index (χ1v) is 10.6. The van der Waals surface area contributed by atoms with Crippen molar-refractivity contribution in [2.45, 2.75) is 20.0 Å². The highest BCUT2D eigenvalue weighted by Gasteiger charge is 2.30. The lowest BCUT2D eigenvalue weighted by Gasteiger charge is -2.13. The van der Waals surface area contributed by atoms with Crippen LogP contribution in [0.15, 0.2) is 58.4 Å². The second kappa shape index (κ2) is 10.1. The molecule has 1 saturated heterocycles. The number of aliphatic imine (C=N–C) groups is 1. The fraction of sp³-hybridized carbons (Fsp3) is 0.217. The van der Waals surface area contributed by atoms with Crippen molar-refractivity contribution in [3.63, 3.8) is 0 Å². The first-order chi connectivity index (χ1) is 15.3. The molecule has 9 heteroatoms. The average Bonchev–Trinajstić information content (AvgIpc) is 3.03. The number of carbonyl (C=O) groups excluding carboxylic acids is 2. The second-order valence-corrected chi connectivity index (χ2v) is 7.81. The van der Waals surface area contributed by atoms with Gasteiger partial charge in [-0.05, 0) is 73.6 Å². The van der Waals surface area contributed by atoms with Gasteiger partial charge in [-0.1, -0.05) is 12.1 Å². The number of hydrogen-bond donors (Lipinski definition) is 1. The number of amides is 1. The van der Waals surface area contributed by atoms with E-state index in [9.17, 15) is 14.4 Å². The standard InChI is InChI=1S/C23H22N2O6S/c1-4-30-22(29)14(2)31-18-11-5-15(6-12-18)13-19-20(26)25(3)23(32-19)24-17-9-7-16(8-10-17)21(27)28/h5-14H,4H2,1-3H3,(H,27,28)/b19-13+,24-23?/t14-/m1/s1. The van der Waals surface area contributed by atoms with E-state index in [0.717, 1.165) is 5.56 Å². The van der Waals surface area contributed by atoms with Crippen molar-refractivity contribution in [1.82, 2.24) is 4.90 Å². The fourth-order valence-corrected chi connectivity index (χ4v) is 3.73. The summed E-state index contributed by atoms with van der Waals surface area (Å²) in [5, 5.41) is 9.48. The summed E-state index contributed by atoms with van der Waals surface area (Å²) in [7, 11) is 1.63. The number of aromatic carboxylic acids is 1. The van der Waals surface area contributed by atoms with Gasteiger partial charge in [0, 0.05) is 7.05 Å². The van der Waals surface area contributed by atoms with Gasteiger partial charge < -0.3 is 14.6 Å². The summed E-state index contributed by atoms with van der Waals surface area (Å²) in [6.45, 7) is 3.64. The molecule has 32 heavy (non-hydrogen) atoms. The van der Waals surface area contributed by atoms with E-state index in [4.69, 9.17) is 14.6 Å². The third-order valence-corrected chi connectivity index (χ3v) is 5.51. The summed E-state index contributed by atoms with van der Waals surface area (Å²) >= 11 is 1.23. The SMILES string of the molecule is CCOC(=O)[C@@H](C)Oc1ccc(/C=C2/SC(=Nc3ccc(C(=O)O)cc3)N(C)C2=O)cc1. The Morgan fingerprint density at radius 1 is 1.16 bits per heavy atom. The summed E-state index contributed by atoms with van der Waals surface area (Å²) in [5.74, 6) is -1.11. The highest BCUT2D eigenvalue weighted by atomic mass is 32.2. The molecule has 3 rings (SSSR count). The minimum absolute atomic E-state index is 0.169. The number of carboxylic acids is 1. The van der Waals surface area contributed by atoms with Gasteiger partial charge in [0.25, 0.3) is 5.91 Å². The lowest BCUT2D eigenvalue weighted by atomic mass is 10.2. The number of esters is 1. The first kappa shape index (κ1) is 23.1. The largest absolute Gasteiger partial charge is 0.479 e. The van der Waals surface area contributed by atoms with Crippen LogP contribution < -0.4 is 4.74 Å². The second-order valence-electron chi connectivity index (χ2n) is 6.80. The number of likely N-dealkylation sites (N-methyl/N-ethyl adjacent to an activating group) is 1. The fourth-order valence-electron chi connectivity index (χ4n) is 2.75. The van der Waals surface area contributed by atoms with Gasteiger partial charge in [-0.15, -0.1) is 0 Å². The predicted molar refractivity (Wildman–Crippen MR) is 122 cm³/mol. The Morgan fingerprint density at radius 3 is 2.41 bits per heavy atom. The molecule has 8 nitrogen and oxygen atoms in total. The molecule has 0 aromatic heterocycles. The summed E-state index contributed by atoms with van der Waals surface area (Å²) in [6, 6.07) is 13.1. The molecule has 0 bridgehead atoms. The van der Waals surface area contributed by atoms with Crippen LogP contribution in [0.2, 0.25) is 0 Å². The Kier molecular flexibility index (Phi) is 7.32. The van der Waals surface area contributed by atoms with Crippen LogP contribution in [-0.2, 0) is 14.3 Å². The molecular weight excluding hydrogens is 432 g/mol. The van der Waals surface area contributed by atoms with Crippen molar-refractivity contribution >= 4 is 46.5 Å². The number of carbonyl (C=O) groups is 3. The molecule has 1 heterocycles. The van der Waals surface area contributed by atoms with Crippen LogP contribution >= 0.6 is 11.8 Å². The lowest BCUT2D eigenvalue weighted by molar-refractivity contribution is -0.150. The first-order valence-electron chi connectivity index (χ1n) is 9.81. The number of hydrogen-bond acceptors (Lipinski definition) is 7. The molecule has 0 unspecified atom stereocenters. The van der Waals surface area contributed by atoms with Gasteiger partial charge >= 0.3 is 11.9 Å². The Labute approximate surface area is 189 Å². The number of nitrogens with zero attached hydrogens (tertiary/aromatic N) is 2. The summed E-state index contributed by atoms with van der Waals surface area (Å²) < 4.78 is 10.5. The molecule has 1 aliphatic heterocycles. The molecule has 2 aromatic rings. The van der Waals surface area contributed by atoms with E-state index in [0.29, 0.717) is 21.5 Å². The minimum atomic E-state index is -1.01. The van der Waals surface area contributed by atoms with Crippen molar-refractivity contribution in [3.05, 3.63) is 64.6 Å². The van der Waals surface area contributed by atoms with Crippen LogP contribution in [0.25, 0.3) is 6.08 Å². The monoisotopic (exact) mass is 454 g/mol. The Bertz CT molecular complexity index is 1080. The van der Waals surface area contributed by atoms with E-state index in [1.165, 1.54) is 28.8 Å². The molecule has 0 radical (unpaired) electrons. The van der Waals surface area contributed by atoms with Gasteiger partial charge in [-0.25, -0.2) is 14.6 Å². The van der Waals surface area contributed by atoms with Crippen molar-refractivity contribution in [2.75, 3.05) is 13.7 Å². The smallest absolute Gasteiger partial charge is 0.347 e. The Hall–Kier alpha value is -3.59. The van der Waals surface area contributed by atoms with Crippen LogP contribution in [-0.4, -0.2) is 52.8 Å². The van der Waals surface area contributed by atoms with E-state index in [1.807, 2.05) is 0 Å². The Balaban J connectivity index is 1.71. The van der Waals surface area contributed by atoms with Crippen LogP contribution in [0.1, 0.15) is 29.8 Å². The number of carboxylic acid groups (broad SMARTS) is 1. The van der Waals surface area contributed by atoms with Crippen LogP contribution in [0, 0.1) is 0 Å². The normalized spacial score (nSPS) is 17.0. The maximum absolute atomic E-state index is 12.6. The van der Waals surface area contributed by atoms with Crippen LogP contribution in [0.4, 0.5) is 5.69 Å². The van der Waals surface area contributed by atoms with Gasteiger partial charge in [-0.3, -0.25) is 9.69 Å². The predicted octanol–water partition coefficient (Wildman–Crippen LogP) is 3.95. The summed E-state index contributed by atoms with van der Waals surface area (Å²) in [6.07, 6.45) is 1.03. The van der Waals surface area contributed by atoms with Crippen LogP contribution in [0.5, 0.6) is 5.75 Å². The van der Waals surface area contributed by atoms with E-state index in [1.54, 1.807) is 63.4 Å². The topological polar surface area (TPSA) is 106 Å². The molecule has 166 valence electrons. The van der Waals surface area contributed by atoms with E-state index < -0.39 is 18.0 Å². The van der Waals surface area contributed by atoms with Crippen molar-refractivity contribution in [3.8, 4) is 5.75 Å². The molecule has 1 N–H and O–H groups in total.